The molecular weight excluding hydrogens is 621 g/mol. The lowest BCUT2D eigenvalue weighted by Crippen LogP contribution is -2.26. The number of nitrogens with zero attached hydrogens (tertiary/aromatic N) is 4. The van der Waals surface area contributed by atoms with Crippen molar-refractivity contribution >= 4 is 54.4 Å². The number of rotatable bonds is 3. The summed E-state index contributed by atoms with van der Waals surface area (Å²) in [6.07, 6.45) is 2.23. The average Bonchev–Trinajstić information content (AvgIpc) is 3.77. The van der Waals surface area contributed by atoms with E-state index in [0.717, 1.165) is 33.2 Å². The molecule has 0 aliphatic carbocycles. The molecule has 7 aromatic carbocycles. The topological polar surface area (TPSA) is 35.6 Å². The van der Waals surface area contributed by atoms with E-state index in [1.54, 1.807) is 0 Å². The number of para-hydroxylation sites is 3. The highest BCUT2D eigenvalue weighted by molar-refractivity contribution is 6.19. The van der Waals surface area contributed by atoms with Crippen LogP contribution < -0.4 is 0 Å². The number of benzene rings is 7. The lowest BCUT2D eigenvalue weighted by Gasteiger charge is -2.34. The van der Waals surface area contributed by atoms with Crippen LogP contribution in [0.15, 0.2) is 158 Å². The summed E-state index contributed by atoms with van der Waals surface area (Å²) >= 11 is 0. The zero-order chi connectivity index (χ0) is 33.8. The molecule has 1 aliphatic heterocycles. The summed E-state index contributed by atoms with van der Waals surface area (Å²) in [5, 5.41) is 7.16. The predicted octanol–water partition coefficient (Wildman–Crippen LogP) is 11.8. The minimum absolute atomic E-state index is 0.161. The summed E-state index contributed by atoms with van der Waals surface area (Å²) < 4.78 is 4.67. The second kappa shape index (κ2) is 10.3. The molecule has 4 heteroatoms. The maximum Gasteiger partial charge on any atom is 0.235 e. The van der Waals surface area contributed by atoms with Gasteiger partial charge in [0.1, 0.15) is 0 Å². The average molecular weight is 653 g/mol. The first-order chi connectivity index (χ1) is 25.1. The van der Waals surface area contributed by atoms with Gasteiger partial charge in [-0.25, -0.2) is 9.97 Å². The zero-order valence-corrected chi connectivity index (χ0v) is 28.3. The van der Waals surface area contributed by atoms with Crippen LogP contribution in [0.25, 0.3) is 88.4 Å². The van der Waals surface area contributed by atoms with Gasteiger partial charge in [-0.1, -0.05) is 135 Å². The summed E-state index contributed by atoms with van der Waals surface area (Å²) in [5.41, 5.74) is 12.6. The molecule has 0 saturated carbocycles. The van der Waals surface area contributed by atoms with Gasteiger partial charge in [0.25, 0.3) is 0 Å². The van der Waals surface area contributed by atoms with Crippen molar-refractivity contribution in [1.29, 1.82) is 0 Å². The third-order valence-corrected chi connectivity index (χ3v) is 11.2. The van der Waals surface area contributed by atoms with Gasteiger partial charge >= 0.3 is 0 Å². The van der Waals surface area contributed by atoms with Crippen molar-refractivity contribution in [3.63, 3.8) is 0 Å². The number of fused-ring (bicyclic) bond motifs is 8. The zero-order valence-electron chi connectivity index (χ0n) is 28.3. The van der Waals surface area contributed by atoms with E-state index in [2.05, 4.69) is 181 Å². The van der Waals surface area contributed by atoms with Gasteiger partial charge in [0.2, 0.25) is 5.95 Å². The Bertz CT molecular complexity index is 3040. The van der Waals surface area contributed by atoms with Crippen LogP contribution in [0.4, 0.5) is 0 Å². The lowest BCUT2D eigenvalue weighted by molar-refractivity contribution is 0.629. The molecule has 51 heavy (non-hydrogen) atoms. The second-order valence-corrected chi connectivity index (χ2v) is 14.3. The molecule has 0 amide bonds. The molecule has 240 valence electrons. The molecule has 0 unspecified atom stereocenters. The van der Waals surface area contributed by atoms with E-state index in [4.69, 9.17) is 9.97 Å². The Balaban J connectivity index is 1.17. The summed E-state index contributed by atoms with van der Waals surface area (Å²) in [7, 11) is 0. The molecule has 0 radical (unpaired) electrons. The molecule has 0 N–H and O–H groups in total. The summed E-state index contributed by atoms with van der Waals surface area (Å²) in [4.78, 5) is 10.7. The van der Waals surface area contributed by atoms with E-state index in [1.807, 2.05) is 0 Å². The molecule has 4 heterocycles. The van der Waals surface area contributed by atoms with Crippen LogP contribution in [-0.2, 0) is 5.41 Å². The van der Waals surface area contributed by atoms with E-state index in [0.29, 0.717) is 5.95 Å². The van der Waals surface area contributed by atoms with Gasteiger partial charge in [-0.15, -0.1) is 0 Å². The first kappa shape index (κ1) is 28.3. The quantitative estimate of drug-likeness (QED) is 0.190. The van der Waals surface area contributed by atoms with Gasteiger partial charge in [-0.3, -0.25) is 4.57 Å². The first-order valence-electron chi connectivity index (χ1n) is 17.6. The Morgan fingerprint density at radius 2 is 1.22 bits per heavy atom. The van der Waals surface area contributed by atoms with Crippen LogP contribution in [0, 0.1) is 0 Å². The van der Waals surface area contributed by atoms with Crippen molar-refractivity contribution in [3.8, 4) is 34.0 Å². The van der Waals surface area contributed by atoms with Gasteiger partial charge in [0, 0.05) is 44.4 Å². The van der Waals surface area contributed by atoms with Gasteiger partial charge in [-0.05, 0) is 63.4 Å². The van der Waals surface area contributed by atoms with Crippen LogP contribution in [0.5, 0.6) is 0 Å². The highest BCUT2D eigenvalue weighted by atomic mass is 15.2. The van der Waals surface area contributed by atoms with Gasteiger partial charge < -0.3 is 4.57 Å². The van der Waals surface area contributed by atoms with Crippen molar-refractivity contribution in [2.45, 2.75) is 19.3 Å². The molecule has 0 saturated heterocycles. The lowest BCUT2D eigenvalue weighted by atomic mass is 9.74. The minimum Gasteiger partial charge on any atom is -0.316 e. The van der Waals surface area contributed by atoms with Crippen LogP contribution in [0.1, 0.15) is 25.0 Å². The van der Waals surface area contributed by atoms with Crippen molar-refractivity contribution in [1.82, 2.24) is 19.1 Å². The number of hydrogen-bond acceptors (Lipinski definition) is 2. The van der Waals surface area contributed by atoms with E-state index < -0.39 is 0 Å². The first-order valence-corrected chi connectivity index (χ1v) is 17.6. The number of aromatic nitrogens is 4. The van der Waals surface area contributed by atoms with Crippen LogP contribution in [-0.4, -0.2) is 19.1 Å². The minimum atomic E-state index is -0.161. The Morgan fingerprint density at radius 1 is 0.510 bits per heavy atom. The van der Waals surface area contributed by atoms with Crippen molar-refractivity contribution in [2.75, 3.05) is 0 Å². The summed E-state index contributed by atoms with van der Waals surface area (Å²) in [6.45, 7) is 4.71. The van der Waals surface area contributed by atoms with E-state index >= 15 is 0 Å². The molecule has 0 atom stereocenters. The molecule has 11 rings (SSSR count). The van der Waals surface area contributed by atoms with Gasteiger partial charge in [0.15, 0.2) is 0 Å². The summed E-state index contributed by atoms with van der Waals surface area (Å²) in [5.74, 6) is 0.673. The largest absolute Gasteiger partial charge is 0.316 e. The number of hydrogen-bond donors (Lipinski definition) is 0. The monoisotopic (exact) mass is 652 g/mol. The third kappa shape index (κ3) is 3.90. The maximum atomic E-state index is 5.45. The van der Waals surface area contributed by atoms with Gasteiger partial charge in [-0.2, -0.15) is 0 Å². The SMILES string of the molecule is CC1(C)c2ccccc2-n2ccc3c2c1cc1c2ccccc2n(-c2nc(-c4ccc(-c5cccc6ccccc56)cc4)c4ccccc4n2)c13. The molecule has 1 aliphatic rings. The Labute approximate surface area is 294 Å². The molecule has 4 nitrogen and oxygen atoms in total. The highest BCUT2D eigenvalue weighted by Gasteiger charge is 2.35. The van der Waals surface area contributed by atoms with Gasteiger partial charge in [0.05, 0.1) is 27.8 Å². The third-order valence-electron chi connectivity index (χ3n) is 11.2. The van der Waals surface area contributed by atoms with Crippen molar-refractivity contribution in [2.24, 2.45) is 0 Å². The smallest absolute Gasteiger partial charge is 0.235 e. The van der Waals surface area contributed by atoms with Crippen molar-refractivity contribution < 1.29 is 0 Å². The van der Waals surface area contributed by atoms with E-state index in [-0.39, 0.29) is 5.41 Å². The highest BCUT2D eigenvalue weighted by Crippen LogP contribution is 2.48. The molecule has 0 spiro atoms. The maximum absolute atomic E-state index is 5.45. The molecule has 0 bridgehead atoms. The van der Waals surface area contributed by atoms with Crippen LogP contribution in [0.3, 0.4) is 0 Å². The fraction of sp³-hybridized carbons (Fsp3) is 0.0638. The Morgan fingerprint density at radius 3 is 2.10 bits per heavy atom. The van der Waals surface area contributed by atoms with Crippen LogP contribution >= 0.6 is 0 Å². The Hall–Kier alpha value is -6.52. The second-order valence-electron chi connectivity index (χ2n) is 14.3. The molecule has 3 aromatic heterocycles. The van der Waals surface area contributed by atoms with E-state index in [9.17, 15) is 0 Å². The predicted molar refractivity (Wildman–Crippen MR) is 211 cm³/mol. The fourth-order valence-electron chi connectivity index (χ4n) is 8.70. The normalized spacial score (nSPS) is 13.5. The van der Waals surface area contributed by atoms with E-state index in [1.165, 1.54) is 60.4 Å². The standard InChI is InChI=1S/C47H32N4/c1-47(2)38-18-7-10-21-42(38)50-27-26-36-44-37(28-39(47)45(36)50)34-15-6-9-20-41(34)51(44)46-48-40-19-8-5-16-35(40)43(49-46)31-24-22-30(23-25-31)33-17-11-13-29-12-3-4-14-32(29)33/h3-28H,1-2H3. The molecule has 10 aromatic rings. The summed E-state index contributed by atoms with van der Waals surface area (Å²) in [6, 6.07) is 54.5. The molecular formula is C47H32N4. The molecule has 0 fully saturated rings. The fourth-order valence-corrected chi connectivity index (χ4v) is 8.70. The van der Waals surface area contributed by atoms with Crippen molar-refractivity contribution in [3.05, 3.63) is 169 Å². The Kier molecular flexibility index (Phi) is 5.70. The van der Waals surface area contributed by atoms with Crippen LogP contribution in [0.2, 0.25) is 0 Å².